The monoisotopic (exact) mass is 272 g/mol. The van der Waals surface area contributed by atoms with E-state index in [1.165, 1.54) is 0 Å². The molecular weight excluding hydrogens is 252 g/mol. The van der Waals surface area contributed by atoms with Crippen molar-refractivity contribution >= 4 is 0 Å². The maximum atomic E-state index is 9.47. The van der Waals surface area contributed by atoms with Gasteiger partial charge in [0, 0.05) is 5.92 Å². The van der Waals surface area contributed by atoms with Crippen LogP contribution >= 0.6 is 0 Å². The summed E-state index contributed by atoms with van der Waals surface area (Å²) in [6.45, 7) is 0.711. The Morgan fingerprint density at radius 2 is 1.60 bits per heavy atom. The van der Waals surface area contributed by atoms with Crippen molar-refractivity contribution < 1.29 is 14.6 Å². The molecule has 0 bridgehead atoms. The molecular formula is C17H20O3. The van der Waals surface area contributed by atoms with E-state index in [1.54, 1.807) is 7.11 Å². The number of ether oxygens (including phenoxy) is 2. The van der Waals surface area contributed by atoms with Gasteiger partial charge in [-0.3, -0.25) is 0 Å². The molecule has 1 atom stereocenters. The molecule has 0 aliphatic carbocycles. The van der Waals surface area contributed by atoms with Crippen molar-refractivity contribution in [3.8, 4) is 11.5 Å². The summed E-state index contributed by atoms with van der Waals surface area (Å²) in [6.07, 6.45) is 0.784. The van der Waals surface area contributed by atoms with Crippen LogP contribution in [0, 0.1) is 0 Å². The van der Waals surface area contributed by atoms with Crippen LogP contribution in [0.3, 0.4) is 0 Å². The van der Waals surface area contributed by atoms with E-state index < -0.39 is 0 Å². The van der Waals surface area contributed by atoms with Crippen molar-refractivity contribution in [2.45, 2.75) is 12.3 Å². The normalized spacial score (nSPS) is 11.9. The lowest BCUT2D eigenvalue weighted by molar-refractivity contribution is 0.229. The molecule has 0 saturated carbocycles. The molecule has 3 heteroatoms. The van der Waals surface area contributed by atoms with Gasteiger partial charge in [-0.2, -0.15) is 0 Å². The van der Waals surface area contributed by atoms with E-state index in [1.807, 2.05) is 54.6 Å². The van der Waals surface area contributed by atoms with E-state index in [0.29, 0.717) is 6.61 Å². The molecule has 106 valence electrons. The van der Waals surface area contributed by atoms with E-state index in [0.717, 1.165) is 23.5 Å². The smallest absolute Gasteiger partial charge is 0.119 e. The number of hydrogen-bond acceptors (Lipinski definition) is 3. The van der Waals surface area contributed by atoms with Gasteiger partial charge >= 0.3 is 0 Å². The molecule has 3 nitrogen and oxygen atoms in total. The van der Waals surface area contributed by atoms with Crippen LogP contribution < -0.4 is 9.47 Å². The van der Waals surface area contributed by atoms with Crippen LogP contribution in [0.1, 0.15) is 17.9 Å². The molecule has 0 saturated heterocycles. The Morgan fingerprint density at radius 3 is 2.20 bits per heavy atom. The predicted octanol–water partition coefficient (Wildman–Crippen LogP) is 3.24. The topological polar surface area (TPSA) is 38.7 Å². The molecule has 0 heterocycles. The third kappa shape index (κ3) is 4.00. The summed E-state index contributed by atoms with van der Waals surface area (Å²) < 4.78 is 10.8. The highest BCUT2D eigenvalue weighted by Gasteiger charge is 2.10. The second kappa shape index (κ2) is 7.56. The van der Waals surface area contributed by atoms with Crippen LogP contribution in [0.5, 0.6) is 11.5 Å². The zero-order chi connectivity index (χ0) is 14.2. The number of benzene rings is 2. The summed E-state index contributed by atoms with van der Waals surface area (Å²) in [4.78, 5) is 0. The third-order valence-electron chi connectivity index (χ3n) is 3.29. The van der Waals surface area contributed by atoms with Crippen LogP contribution in [0.2, 0.25) is 0 Å². The van der Waals surface area contributed by atoms with Gasteiger partial charge in [0.05, 0.1) is 20.3 Å². The van der Waals surface area contributed by atoms with Gasteiger partial charge in [-0.1, -0.05) is 30.3 Å². The van der Waals surface area contributed by atoms with Crippen LogP contribution in [0.25, 0.3) is 0 Å². The van der Waals surface area contributed by atoms with E-state index in [4.69, 9.17) is 9.47 Å². The maximum Gasteiger partial charge on any atom is 0.119 e. The predicted molar refractivity (Wildman–Crippen MR) is 79.4 cm³/mol. The Morgan fingerprint density at radius 1 is 0.950 bits per heavy atom. The fourth-order valence-corrected chi connectivity index (χ4v) is 2.08. The van der Waals surface area contributed by atoms with Crippen LogP contribution in [-0.2, 0) is 0 Å². The van der Waals surface area contributed by atoms with Crippen LogP contribution in [0.15, 0.2) is 54.6 Å². The summed E-state index contributed by atoms with van der Waals surface area (Å²) >= 11 is 0. The number of rotatable bonds is 7. The highest BCUT2D eigenvalue weighted by atomic mass is 16.5. The first kappa shape index (κ1) is 14.4. The number of aliphatic hydroxyl groups is 1. The van der Waals surface area contributed by atoms with Crippen molar-refractivity contribution in [1.82, 2.24) is 0 Å². The Kier molecular flexibility index (Phi) is 5.44. The first-order valence-electron chi connectivity index (χ1n) is 6.76. The SMILES string of the molecule is COc1ccc(OCCC(CO)c2ccccc2)cc1. The second-order valence-electron chi connectivity index (χ2n) is 4.60. The van der Waals surface area contributed by atoms with Crippen molar-refractivity contribution in [1.29, 1.82) is 0 Å². The van der Waals surface area contributed by atoms with Crippen molar-refractivity contribution in [3.63, 3.8) is 0 Å². The molecule has 2 aromatic carbocycles. The average Bonchev–Trinajstić information content (AvgIpc) is 2.53. The van der Waals surface area contributed by atoms with Gasteiger partial charge in [-0.05, 0) is 36.2 Å². The minimum absolute atomic E-state index is 0.120. The molecule has 0 spiro atoms. The first-order chi connectivity index (χ1) is 9.83. The van der Waals surface area contributed by atoms with E-state index in [2.05, 4.69) is 0 Å². The molecule has 2 aromatic rings. The Labute approximate surface area is 119 Å². The molecule has 2 rings (SSSR count). The van der Waals surface area contributed by atoms with Gasteiger partial charge in [0.1, 0.15) is 11.5 Å². The summed E-state index contributed by atoms with van der Waals surface area (Å²) in [6, 6.07) is 17.5. The van der Waals surface area contributed by atoms with Gasteiger partial charge in [-0.15, -0.1) is 0 Å². The first-order valence-corrected chi connectivity index (χ1v) is 6.76. The Hall–Kier alpha value is -2.00. The number of aliphatic hydroxyl groups excluding tert-OH is 1. The van der Waals surface area contributed by atoms with Crippen molar-refractivity contribution in [3.05, 3.63) is 60.2 Å². The van der Waals surface area contributed by atoms with Gasteiger partial charge in [-0.25, -0.2) is 0 Å². The molecule has 0 radical (unpaired) electrons. The maximum absolute atomic E-state index is 9.47. The zero-order valence-electron chi connectivity index (χ0n) is 11.7. The lowest BCUT2D eigenvalue weighted by atomic mass is 9.97. The molecule has 0 aliphatic heterocycles. The minimum Gasteiger partial charge on any atom is -0.497 e. The van der Waals surface area contributed by atoms with E-state index in [-0.39, 0.29) is 12.5 Å². The molecule has 0 fully saturated rings. The van der Waals surface area contributed by atoms with Gasteiger partial charge in [0.2, 0.25) is 0 Å². The van der Waals surface area contributed by atoms with Crippen molar-refractivity contribution in [2.75, 3.05) is 20.3 Å². The molecule has 20 heavy (non-hydrogen) atoms. The van der Waals surface area contributed by atoms with Crippen LogP contribution in [0.4, 0.5) is 0 Å². The number of methoxy groups -OCH3 is 1. The van der Waals surface area contributed by atoms with Crippen molar-refractivity contribution in [2.24, 2.45) is 0 Å². The summed E-state index contributed by atoms with van der Waals surface area (Å²) in [7, 11) is 1.64. The van der Waals surface area contributed by atoms with Gasteiger partial charge < -0.3 is 14.6 Å². The molecule has 0 amide bonds. The molecule has 1 unspecified atom stereocenters. The third-order valence-corrected chi connectivity index (χ3v) is 3.29. The van der Waals surface area contributed by atoms with Gasteiger partial charge in [0.15, 0.2) is 0 Å². The quantitative estimate of drug-likeness (QED) is 0.841. The van der Waals surface area contributed by atoms with E-state index in [9.17, 15) is 5.11 Å². The summed E-state index contributed by atoms with van der Waals surface area (Å²) in [5.41, 5.74) is 1.15. The average molecular weight is 272 g/mol. The molecule has 0 aliphatic rings. The largest absolute Gasteiger partial charge is 0.497 e. The molecule has 1 N–H and O–H groups in total. The van der Waals surface area contributed by atoms with Crippen LogP contribution in [-0.4, -0.2) is 25.4 Å². The summed E-state index contributed by atoms with van der Waals surface area (Å²) in [5.74, 6) is 1.75. The Balaban J connectivity index is 1.84. The highest BCUT2D eigenvalue weighted by Crippen LogP contribution is 2.21. The fraction of sp³-hybridized carbons (Fsp3) is 0.294. The zero-order valence-corrected chi connectivity index (χ0v) is 11.7. The lowest BCUT2D eigenvalue weighted by Crippen LogP contribution is -2.09. The standard InChI is InChI=1S/C17H20O3/c1-19-16-7-9-17(10-8-16)20-12-11-15(13-18)14-5-3-2-4-6-14/h2-10,15,18H,11-13H2,1H3. The second-order valence-corrected chi connectivity index (χ2v) is 4.60. The van der Waals surface area contributed by atoms with E-state index >= 15 is 0 Å². The minimum atomic E-state index is 0.120. The lowest BCUT2D eigenvalue weighted by Gasteiger charge is -2.15. The number of hydrogen-bond donors (Lipinski definition) is 1. The molecule has 0 aromatic heterocycles. The fourth-order valence-electron chi connectivity index (χ4n) is 2.08. The van der Waals surface area contributed by atoms with Gasteiger partial charge in [0.25, 0.3) is 0 Å². The summed E-state index contributed by atoms with van der Waals surface area (Å²) in [5, 5.41) is 9.47. The Bertz CT molecular complexity index is 493. The highest BCUT2D eigenvalue weighted by molar-refractivity contribution is 5.31.